The Bertz CT molecular complexity index is 3140. The Morgan fingerprint density at radius 3 is 0.644 bits per heavy atom. The third-order valence-corrected chi connectivity index (χ3v) is 15.8. The van der Waals surface area contributed by atoms with Crippen LogP contribution in [0.25, 0.3) is 22.3 Å². The quantitative estimate of drug-likeness (QED) is 0.0273. The van der Waals surface area contributed by atoms with Crippen LogP contribution in [0.5, 0.6) is 34.5 Å². The molecule has 0 fully saturated rings. The number of hydrogen-bond donors (Lipinski definition) is 0. The Morgan fingerprint density at radius 2 is 0.422 bits per heavy atom. The molecule has 0 saturated heterocycles. The van der Waals surface area contributed by atoms with Gasteiger partial charge in [-0.2, -0.15) is 10.5 Å². The van der Waals surface area contributed by atoms with E-state index in [9.17, 15) is 0 Å². The highest BCUT2D eigenvalue weighted by Crippen LogP contribution is 2.27. The second-order valence-electron chi connectivity index (χ2n) is 22.9. The molecule has 466 valence electrons. The molecule has 0 atom stereocenters. The zero-order valence-corrected chi connectivity index (χ0v) is 52.7. The fourth-order valence-corrected chi connectivity index (χ4v) is 10.4. The maximum absolute atomic E-state index is 9.02. The third kappa shape index (κ3) is 25.9. The third-order valence-electron chi connectivity index (χ3n) is 15.8. The molecule has 0 radical (unpaired) electrons. The van der Waals surface area contributed by atoms with Gasteiger partial charge >= 0.3 is 0 Å². The summed E-state index contributed by atoms with van der Waals surface area (Å²) >= 11 is 0. The lowest BCUT2D eigenvalue weighted by Crippen LogP contribution is -1.98. The zero-order chi connectivity index (χ0) is 62.1. The van der Waals surface area contributed by atoms with Crippen molar-refractivity contribution in [1.29, 1.82) is 10.5 Å². The van der Waals surface area contributed by atoms with Crippen LogP contribution in [0, 0.1) is 22.7 Å². The van der Waals surface area contributed by atoms with Crippen molar-refractivity contribution in [2.24, 2.45) is 9.98 Å². The van der Waals surface area contributed by atoms with E-state index in [1.165, 1.54) is 89.9 Å². The number of benzene rings is 8. The topological polar surface area (TPSA) is 128 Å². The second kappa shape index (κ2) is 40.4. The molecule has 10 nitrogen and oxygen atoms in total. The summed E-state index contributed by atoms with van der Waals surface area (Å²) in [4.78, 5) is 9.34. The first kappa shape index (κ1) is 66.8. The van der Waals surface area contributed by atoms with Crippen molar-refractivity contribution in [2.75, 3.05) is 39.6 Å². The summed E-state index contributed by atoms with van der Waals surface area (Å²) in [6.45, 7) is 4.39. The fourth-order valence-electron chi connectivity index (χ4n) is 10.4. The Morgan fingerprint density at radius 1 is 0.233 bits per heavy atom. The minimum Gasteiger partial charge on any atom is -0.494 e. The molecule has 10 heteroatoms. The van der Waals surface area contributed by atoms with E-state index < -0.39 is 0 Å². The van der Waals surface area contributed by atoms with Gasteiger partial charge in [0.1, 0.15) is 34.5 Å². The van der Waals surface area contributed by atoms with Gasteiger partial charge in [0.2, 0.25) is 0 Å². The Balaban J connectivity index is 0.551. The van der Waals surface area contributed by atoms with E-state index in [1.54, 1.807) is 0 Å². The summed E-state index contributed by atoms with van der Waals surface area (Å²) in [6, 6.07) is 68.3. The van der Waals surface area contributed by atoms with Gasteiger partial charge < -0.3 is 28.4 Å². The van der Waals surface area contributed by atoms with E-state index in [0.29, 0.717) is 24.3 Å². The summed E-state index contributed by atoms with van der Waals surface area (Å²) < 4.78 is 36.0. The molecular formula is C80H90N4O6. The molecule has 8 aromatic rings. The lowest BCUT2D eigenvalue weighted by molar-refractivity contribution is 0.297. The molecule has 90 heavy (non-hydrogen) atoms. The first-order chi connectivity index (χ1) is 44.5. The maximum atomic E-state index is 9.02. The van der Waals surface area contributed by atoms with E-state index >= 15 is 0 Å². The lowest BCUT2D eigenvalue weighted by Gasteiger charge is -2.08. The van der Waals surface area contributed by atoms with Gasteiger partial charge in [-0.1, -0.05) is 151 Å². The van der Waals surface area contributed by atoms with Gasteiger partial charge in [-0.25, -0.2) is 0 Å². The molecule has 0 unspecified atom stereocenters. The minimum absolute atomic E-state index is 0.673. The summed E-state index contributed by atoms with van der Waals surface area (Å²) in [6.07, 6.45) is 29.6. The number of aliphatic imine (C=N–C) groups is 2. The average Bonchev–Trinajstić information content (AvgIpc) is 3.78. The first-order valence-corrected chi connectivity index (χ1v) is 33.0. The first-order valence-electron chi connectivity index (χ1n) is 33.0. The lowest BCUT2D eigenvalue weighted by atomic mass is 10.0. The molecule has 0 aliphatic carbocycles. The molecule has 0 spiro atoms. The van der Waals surface area contributed by atoms with E-state index in [2.05, 4.69) is 70.7 Å². The molecule has 8 aromatic carbocycles. The van der Waals surface area contributed by atoms with Crippen LogP contribution >= 0.6 is 0 Å². The Kier molecular flexibility index (Phi) is 30.0. The standard InChI is InChI=1S/C80H90N4O6/c81-61-65-23-31-69(32-24-65)71-35-47-77(48-36-71)87-57-19-13-7-3-1-5-11-17-55-85-75-43-27-67(28-44-75)63-83-73-39-51-79(52-40-73)89-59-21-15-9-10-16-22-60-90-80-53-41-74(42-54-80)84-64-68-29-45-76(46-30-68)86-56-18-12-6-2-4-8-14-20-58-88-78-49-37-72(38-50-78)70-33-25-66(62-82)26-34-70/h23-54,63-64H,1-22,55-60H2. The SMILES string of the molecule is N#Cc1ccc(-c2ccc(OCCCCCCCCCCOc3ccc(C=Nc4ccc(OCCCCCCCCOc5ccc(N=Cc6ccc(OCCCCCCCCCCOc7ccc(-c8ccc(C#N)cc8)cc7)cc6)cc5)cc4)cc3)cc2)cc1. The van der Waals surface area contributed by atoms with E-state index in [0.717, 1.165) is 157 Å². The maximum Gasteiger partial charge on any atom is 0.119 e. The van der Waals surface area contributed by atoms with Crippen LogP contribution in [-0.2, 0) is 0 Å². The van der Waals surface area contributed by atoms with Crippen molar-refractivity contribution in [3.05, 3.63) is 216 Å². The van der Waals surface area contributed by atoms with Crippen LogP contribution in [0.3, 0.4) is 0 Å². The molecule has 0 amide bonds. The van der Waals surface area contributed by atoms with Crippen molar-refractivity contribution < 1.29 is 28.4 Å². The summed E-state index contributed by atoms with van der Waals surface area (Å²) in [7, 11) is 0. The number of hydrogen-bond acceptors (Lipinski definition) is 10. The highest BCUT2D eigenvalue weighted by Gasteiger charge is 2.05. The molecule has 0 aliphatic rings. The Hall–Kier alpha value is -9.12. The number of nitriles is 2. The molecule has 0 bridgehead atoms. The van der Waals surface area contributed by atoms with Crippen LogP contribution in [0.15, 0.2) is 204 Å². The largest absolute Gasteiger partial charge is 0.494 e. The summed E-state index contributed by atoms with van der Waals surface area (Å²) in [5.41, 5.74) is 9.64. The minimum atomic E-state index is 0.673. The van der Waals surface area contributed by atoms with Crippen LogP contribution < -0.4 is 28.4 Å². The molecule has 0 aliphatic heterocycles. The number of rotatable bonds is 43. The summed E-state index contributed by atoms with van der Waals surface area (Å²) in [5, 5.41) is 18.0. The van der Waals surface area contributed by atoms with Crippen molar-refractivity contribution in [2.45, 2.75) is 141 Å². The van der Waals surface area contributed by atoms with Crippen molar-refractivity contribution in [1.82, 2.24) is 0 Å². The smallest absolute Gasteiger partial charge is 0.119 e. The normalized spacial score (nSPS) is 11.1. The van der Waals surface area contributed by atoms with E-state index in [4.69, 9.17) is 38.9 Å². The second-order valence-corrected chi connectivity index (χ2v) is 22.9. The molecule has 0 saturated carbocycles. The Labute approximate surface area is 536 Å². The summed E-state index contributed by atoms with van der Waals surface area (Å²) in [5.74, 6) is 5.34. The van der Waals surface area contributed by atoms with Gasteiger partial charge in [0, 0.05) is 12.4 Å². The fraction of sp³-hybridized carbons (Fsp3) is 0.350. The molecular weight excluding hydrogens is 1110 g/mol. The zero-order valence-electron chi connectivity index (χ0n) is 52.7. The van der Waals surface area contributed by atoms with Crippen molar-refractivity contribution in [3.8, 4) is 68.9 Å². The predicted octanol–water partition coefficient (Wildman–Crippen LogP) is 21.2. The average molecular weight is 1200 g/mol. The van der Waals surface area contributed by atoms with Crippen LogP contribution in [0.4, 0.5) is 11.4 Å². The van der Waals surface area contributed by atoms with Gasteiger partial charge in [0.05, 0.1) is 74.3 Å². The number of ether oxygens (including phenoxy) is 6. The van der Waals surface area contributed by atoms with Gasteiger partial charge in [-0.05, 0) is 217 Å². The molecule has 0 heterocycles. The molecule has 8 rings (SSSR count). The van der Waals surface area contributed by atoms with Gasteiger partial charge in [0.25, 0.3) is 0 Å². The van der Waals surface area contributed by atoms with Gasteiger partial charge in [-0.3, -0.25) is 9.98 Å². The molecule has 0 aromatic heterocycles. The van der Waals surface area contributed by atoms with Crippen LogP contribution in [0.2, 0.25) is 0 Å². The number of nitrogens with zero attached hydrogens (tertiary/aromatic N) is 4. The van der Waals surface area contributed by atoms with Crippen molar-refractivity contribution in [3.63, 3.8) is 0 Å². The van der Waals surface area contributed by atoms with E-state index in [1.807, 2.05) is 158 Å². The van der Waals surface area contributed by atoms with Crippen molar-refractivity contribution >= 4 is 23.8 Å². The highest BCUT2D eigenvalue weighted by molar-refractivity contribution is 5.83. The van der Waals surface area contributed by atoms with Gasteiger partial charge in [0.15, 0.2) is 0 Å². The monoisotopic (exact) mass is 1200 g/mol. The van der Waals surface area contributed by atoms with E-state index in [-0.39, 0.29) is 0 Å². The van der Waals surface area contributed by atoms with Crippen LogP contribution in [-0.4, -0.2) is 52.1 Å². The molecule has 0 N–H and O–H groups in total. The highest BCUT2D eigenvalue weighted by atomic mass is 16.5. The number of unbranched alkanes of at least 4 members (excludes halogenated alkanes) is 19. The van der Waals surface area contributed by atoms with Crippen LogP contribution in [0.1, 0.15) is 164 Å². The van der Waals surface area contributed by atoms with Gasteiger partial charge in [-0.15, -0.1) is 0 Å². The predicted molar refractivity (Wildman–Crippen MR) is 368 cm³/mol.